The molecule has 10 heteroatoms. The molecule has 0 aromatic heterocycles. The second-order valence-electron chi connectivity index (χ2n) is 24.5. The third-order valence-corrected chi connectivity index (χ3v) is 16.3. The minimum Gasteiger partial charge on any atom is -0.756 e. The van der Waals surface area contributed by atoms with Crippen molar-refractivity contribution >= 4 is 19.8 Å². The standard InChI is InChI=1S/C70H132NO8P/c1-6-8-10-12-14-16-18-20-22-24-26-27-28-29-30-31-32-33-34-35-36-37-38-39-40-41-42-43-45-47-49-51-53-55-57-59-61-63-70(73)79-68(67-78-80(74,75)77-65-64-71(3,4)5)66-76-69(72)62-60-58-56-54-52-50-48-46-44-25-23-21-19-17-15-13-11-9-7-2/h8,10,14,16,20,22,26-27,68H,6-7,9,11-13,15,17-19,21,23-25,28-67H2,1-5H3/b10-8-,16-14-,22-20-,27-26-. The number of unbranched alkanes of at least 4 members (excludes halogenated alkanes) is 42. The Morgan fingerprint density at radius 3 is 1.06 bits per heavy atom. The predicted octanol–water partition coefficient (Wildman–Crippen LogP) is 21.4. The normalized spacial score (nSPS) is 13.4. The quantitative estimate of drug-likeness (QED) is 0.0195. The predicted molar refractivity (Wildman–Crippen MR) is 342 cm³/mol. The first kappa shape index (κ1) is 78.0. The van der Waals surface area contributed by atoms with E-state index in [0.717, 1.165) is 57.8 Å². The topological polar surface area (TPSA) is 111 Å². The highest BCUT2D eigenvalue weighted by molar-refractivity contribution is 7.45. The highest BCUT2D eigenvalue weighted by Crippen LogP contribution is 2.38. The van der Waals surface area contributed by atoms with Crippen LogP contribution in [0, 0.1) is 0 Å². The molecule has 0 heterocycles. The molecule has 2 unspecified atom stereocenters. The lowest BCUT2D eigenvalue weighted by molar-refractivity contribution is -0.870. The molecule has 2 atom stereocenters. The van der Waals surface area contributed by atoms with Gasteiger partial charge >= 0.3 is 11.9 Å². The molecule has 0 N–H and O–H groups in total. The number of allylic oxidation sites excluding steroid dienone is 8. The summed E-state index contributed by atoms with van der Waals surface area (Å²) in [6, 6.07) is 0. The smallest absolute Gasteiger partial charge is 0.306 e. The van der Waals surface area contributed by atoms with Crippen LogP contribution in [0.25, 0.3) is 0 Å². The summed E-state index contributed by atoms with van der Waals surface area (Å²) in [5.74, 6) is -0.811. The molecule has 470 valence electrons. The van der Waals surface area contributed by atoms with Gasteiger partial charge in [0, 0.05) is 12.8 Å². The highest BCUT2D eigenvalue weighted by Gasteiger charge is 2.22. The molecule has 0 amide bonds. The Hall–Kier alpha value is -2.03. The van der Waals surface area contributed by atoms with Gasteiger partial charge in [-0.15, -0.1) is 0 Å². The van der Waals surface area contributed by atoms with Crippen molar-refractivity contribution in [2.75, 3.05) is 47.5 Å². The first-order chi connectivity index (χ1) is 39.0. The van der Waals surface area contributed by atoms with Gasteiger partial charge in [-0.3, -0.25) is 14.2 Å². The molecule has 0 saturated heterocycles. The van der Waals surface area contributed by atoms with E-state index in [9.17, 15) is 19.0 Å². The number of nitrogens with zero attached hydrogens (tertiary/aromatic N) is 1. The molecular formula is C70H132NO8P. The Morgan fingerprint density at radius 2 is 0.713 bits per heavy atom. The van der Waals surface area contributed by atoms with Crippen LogP contribution < -0.4 is 4.89 Å². The van der Waals surface area contributed by atoms with Crippen molar-refractivity contribution < 1.29 is 42.1 Å². The fourth-order valence-electron chi connectivity index (χ4n) is 10.1. The first-order valence-corrected chi connectivity index (χ1v) is 35.8. The van der Waals surface area contributed by atoms with Crippen LogP contribution in [0.3, 0.4) is 0 Å². The van der Waals surface area contributed by atoms with Crippen molar-refractivity contribution in [2.45, 2.75) is 341 Å². The van der Waals surface area contributed by atoms with E-state index in [1.54, 1.807) is 0 Å². The SMILES string of the molecule is CC/C=C\C/C=C\C/C=C\C/C=C\CCCCCCCCCCCCCCCCCCCCCCCCCCC(=O)OC(COC(=O)CCCCCCCCCCCCCCCCCCCCC)COP(=O)([O-])OCC[N+](C)(C)C. The van der Waals surface area contributed by atoms with Gasteiger partial charge in [-0.05, 0) is 51.4 Å². The van der Waals surface area contributed by atoms with Gasteiger partial charge in [0.25, 0.3) is 7.82 Å². The Bertz CT molecular complexity index is 1490. The summed E-state index contributed by atoms with van der Waals surface area (Å²) >= 11 is 0. The van der Waals surface area contributed by atoms with E-state index >= 15 is 0 Å². The molecule has 0 radical (unpaired) electrons. The highest BCUT2D eigenvalue weighted by atomic mass is 31.2. The minimum atomic E-state index is -4.64. The molecule has 0 bridgehead atoms. The molecule has 9 nitrogen and oxygen atoms in total. The van der Waals surface area contributed by atoms with Gasteiger partial charge < -0.3 is 27.9 Å². The first-order valence-electron chi connectivity index (χ1n) is 34.3. The van der Waals surface area contributed by atoms with Gasteiger partial charge in [-0.1, -0.05) is 319 Å². The number of quaternary nitrogens is 1. The summed E-state index contributed by atoms with van der Waals surface area (Å²) in [7, 11) is 1.19. The van der Waals surface area contributed by atoms with Gasteiger partial charge in [0.1, 0.15) is 19.8 Å². The van der Waals surface area contributed by atoms with E-state index in [1.807, 2.05) is 21.1 Å². The zero-order chi connectivity index (χ0) is 58.4. The summed E-state index contributed by atoms with van der Waals surface area (Å²) in [5, 5.41) is 0. The van der Waals surface area contributed by atoms with Crippen molar-refractivity contribution in [2.24, 2.45) is 0 Å². The number of ether oxygens (including phenoxy) is 2. The van der Waals surface area contributed by atoms with Crippen LogP contribution in [-0.4, -0.2) is 70.0 Å². The van der Waals surface area contributed by atoms with Gasteiger partial charge in [-0.2, -0.15) is 0 Å². The van der Waals surface area contributed by atoms with Crippen LogP contribution in [0.5, 0.6) is 0 Å². The number of hydrogen-bond acceptors (Lipinski definition) is 8. The maximum atomic E-state index is 12.8. The maximum Gasteiger partial charge on any atom is 0.306 e. The third-order valence-electron chi connectivity index (χ3n) is 15.4. The molecule has 80 heavy (non-hydrogen) atoms. The number of carbonyl (C=O) groups is 2. The van der Waals surface area contributed by atoms with E-state index in [2.05, 4.69) is 62.5 Å². The van der Waals surface area contributed by atoms with Crippen LogP contribution in [0.2, 0.25) is 0 Å². The van der Waals surface area contributed by atoms with Gasteiger partial charge in [0.15, 0.2) is 6.10 Å². The van der Waals surface area contributed by atoms with Gasteiger partial charge in [0.2, 0.25) is 0 Å². The number of phosphoric acid groups is 1. The van der Waals surface area contributed by atoms with E-state index in [0.29, 0.717) is 17.4 Å². The number of esters is 2. The average molecular weight is 1150 g/mol. The summed E-state index contributed by atoms with van der Waals surface area (Å²) in [6.45, 7) is 4.19. The number of carbonyl (C=O) groups excluding carboxylic acids is 2. The zero-order valence-corrected chi connectivity index (χ0v) is 54.4. The molecule has 0 spiro atoms. The second-order valence-corrected chi connectivity index (χ2v) is 25.9. The molecule has 0 rings (SSSR count). The van der Waals surface area contributed by atoms with Gasteiger partial charge in [-0.25, -0.2) is 0 Å². The number of hydrogen-bond donors (Lipinski definition) is 0. The molecule has 0 aromatic rings. The fourth-order valence-corrected chi connectivity index (χ4v) is 10.9. The second kappa shape index (κ2) is 61.5. The van der Waals surface area contributed by atoms with Crippen LogP contribution in [0.15, 0.2) is 48.6 Å². The Morgan fingerprint density at radius 1 is 0.400 bits per heavy atom. The Kier molecular flexibility index (Phi) is 60.0. The van der Waals surface area contributed by atoms with Crippen LogP contribution in [0.4, 0.5) is 0 Å². The molecular weight excluding hydrogens is 1010 g/mol. The third kappa shape index (κ3) is 65.1. The number of phosphoric ester groups is 1. The summed E-state index contributed by atoms with van der Waals surface area (Å²) in [6.07, 6.45) is 79.1. The van der Waals surface area contributed by atoms with Crippen LogP contribution in [-0.2, 0) is 32.7 Å². The molecule has 0 saturated carbocycles. The Labute approximate surface area is 496 Å². The lowest BCUT2D eigenvalue weighted by Gasteiger charge is -2.28. The number of likely N-dealkylation sites (N-methyl/N-ethyl adjacent to an activating group) is 1. The van der Waals surface area contributed by atoms with Gasteiger partial charge in [0.05, 0.1) is 27.7 Å². The molecule has 0 aliphatic rings. The largest absolute Gasteiger partial charge is 0.756 e. The lowest BCUT2D eigenvalue weighted by atomic mass is 10.0. The molecule has 0 fully saturated rings. The van der Waals surface area contributed by atoms with Crippen molar-refractivity contribution in [3.63, 3.8) is 0 Å². The minimum absolute atomic E-state index is 0.0274. The van der Waals surface area contributed by atoms with Crippen molar-refractivity contribution in [1.29, 1.82) is 0 Å². The van der Waals surface area contributed by atoms with E-state index in [-0.39, 0.29) is 32.0 Å². The maximum absolute atomic E-state index is 12.8. The average Bonchev–Trinajstić information content (AvgIpc) is 3.42. The summed E-state index contributed by atoms with van der Waals surface area (Å²) in [4.78, 5) is 38.0. The van der Waals surface area contributed by atoms with Crippen molar-refractivity contribution in [1.82, 2.24) is 0 Å². The summed E-state index contributed by atoms with van der Waals surface area (Å²) < 4.78 is 34.3. The van der Waals surface area contributed by atoms with Crippen molar-refractivity contribution in [3.8, 4) is 0 Å². The van der Waals surface area contributed by atoms with E-state index < -0.39 is 26.5 Å². The van der Waals surface area contributed by atoms with E-state index in [1.165, 1.54) is 244 Å². The molecule has 0 aromatic carbocycles. The number of rotatable bonds is 64. The molecule has 0 aliphatic heterocycles. The molecule has 0 aliphatic carbocycles. The zero-order valence-electron chi connectivity index (χ0n) is 53.5. The summed E-state index contributed by atoms with van der Waals surface area (Å²) in [5.41, 5.74) is 0. The van der Waals surface area contributed by atoms with Crippen LogP contribution >= 0.6 is 7.82 Å². The monoisotopic (exact) mass is 1150 g/mol. The Balaban J connectivity index is 3.93. The van der Waals surface area contributed by atoms with E-state index in [4.69, 9.17) is 18.5 Å². The fraction of sp³-hybridized carbons (Fsp3) is 0.857. The van der Waals surface area contributed by atoms with Crippen molar-refractivity contribution in [3.05, 3.63) is 48.6 Å². The van der Waals surface area contributed by atoms with Crippen LogP contribution in [0.1, 0.15) is 335 Å². The lowest BCUT2D eigenvalue weighted by Crippen LogP contribution is -2.37.